The van der Waals surface area contributed by atoms with Crippen LogP contribution in [0.4, 0.5) is 5.82 Å². The van der Waals surface area contributed by atoms with E-state index in [4.69, 9.17) is 5.73 Å². The Kier molecular flexibility index (Phi) is 3.79. The number of pyridine rings is 1. The van der Waals surface area contributed by atoms with Gasteiger partial charge >= 0.3 is 0 Å². The van der Waals surface area contributed by atoms with Gasteiger partial charge < -0.3 is 16.0 Å². The molecular weight excluding hydrogens is 242 g/mol. The first-order valence-corrected chi connectivity index (χ1v) is 6.09. The Labute approximate surface area is 111 Å². The van der Waals surface area contributed by atoms with Crippen molar-refractivity contribution in [2.24, 2.45) is 0 Å². The molecule has 4 N–H and O–H groups in total. The first-order chi connectivity index (χ1) is 9.06. The van der Waals surface area contributed by atoms with Crippen molar-refractivity contribution in [1.29, 1.82) is 0 Å². The van der Waals surface area contributed by atoms with Crippen molar-refractivity contribution in [2.75, 3.05) is 5.73 Å². The van der Waals surface area contributed by atoms with Gasteiger partial charge in [-0.2, -0.15) is 0 Å². The molecule has 100 valence electrons. The molecule has 2 aromatic heterocycles. The molecule has 0 saturated carbocycles. The number of carbonyl (C=O) groups excluding carboxylic acids is 1. The Balaban J connectivity index is 2.10. The van der Waals surface area contributed by atoms with E-state index in [1.54, 1.807) is 24.7 Å². The molecular formula is C13H17N5O. The molecule has 2 aromatic rings. The quantitative estimate of drug-likeness (QED) is 0.774. The predicted molar refractivity (Wildman–Crippen MR) is 72.5 cm³/mol. The van der Waals surface area contributed by atoms with Gasteiger partial charge in [0.2, 0.25) is 0 Å². The van der Waals surface area contributed by atoms with Crippen molar-refractivity contribution in [3.05, 3.63) is 41.6 Å². The van der Waals surface area contributed by atoms with Gasteiger partial charge in [-0.1, -0.05) is 13.8 Å². The lowest BCUT2D eigenvalue weighted by atomic mass is 10.1. The van der Waals surface area contributed by atoms with Crippen LogP contribution in [0.1, 0.15) is 41.5 Å². The summed E-state index contributed by atoms with van der Waals surface area (Å²) in [5.41, 5.74) is 7.90. The van der Waals surface area contributed by atoms with Crippen LogP contribution < -0.4 is 11.1 Å². The second kappa shape index (κ2) is 5.51. The van der Waals surface area contributed by atoms with Crippen molar-refractivity contribution in [3.63, 3.8) is 0 Å². The summed E-state index contributed by atoms with van der Waals surface area (Å²) in [4.78, 5) is 23.1. The van der Waals surface area contributed by atoms with Crippen LogP contribution in [-0.2, 0) is 6.54 Å². The number of nitrogens with two attached hydrogens (primary N) is 1. The Morgan fingerprint density at radius 3 is 2.89 bits per heavy atom. The SMILES string of the molecule is CC(C)c1cc(C(=O)NCc2cnc[nH]2)cc(N)n1. The van der Waals surface area contributed by atoms with E-state index in [2.05, 4.69) is 20.3 Å². The molecule has 6 heteroatoms. The highest BCUT2D eigenvalue weighted by atomic mass is 16.1. The van der Waals surface area contributed by atoms with Crippen LogP contribution in [0.15, 0.2) is 24.7 Å². The average Bonchev–Trinajstić information content (AvgIpc) is 2.88. The summed E-state index contributed by atoms with van der Waals surface area (Å²) in [6, 6.07) is 3.34. The largest absolute Gasteiger partial charge is 0.384 e. The summed E-state index contributed by atoms with van der Waals surface area (Å²) in [5, 5.41) is 2.80. The maximum atomic E-state index is 12.0. The monoisotopic (exact) mass is 259 g/mol. The highest BCUT2D eigenvalue weighted by Gasteiger charge is 2.10. The number of imidazole rings is 1. The number of hydrogen-bond acceptors (Lipinski definition) is 4. The minimum absolute atomic E-state index is 0.175. The number of hydrogen-bond donors (Lipinski definition) is 3. The molecule has 0 saturated heterocycles. The van der Waals surface area contributed by atoms with Crippen molar-refractivity contribution in [2.45, 2.75) is 26.3 Å². The van der Waals surface area contributed by atoms with Gasteiger partial charge in [0.1, 0.15) is 5.82 Å². The smallest absolute Gasteiger partial charge is 0.251 e. The van der Waals surface area contributed by atoms with E-state index in [1.165, 1.54) is 0 Å². The van der Waals surface area contributed by atoms with Crippen molar-refractivity contribution in [1.82, 2.24) is 20.3 Å². The van der Waals surface area contributed by atoms with Gasteiger partial charge in [0.05, 0.1) is 18.6 Å². The molecule has 0 radical (unpaired) electrons. The van der Waals surface area contributed by atoms with Crippen molar-refractivity contribution < 1.29 is 4.79 Å². The summed E-state index contributed by atoms with van der Waals surface area (Å²) in [6.45, 7) is 4.42. The number of H-pyrrole nitrogens is 1. The van der Waals surface area contributed by atoms with Crippen LogP contribution in [0.2, 0.25) is 0 Å². The number of anilines is 1. The van der Waals surface area contributed by atoms with Gasteiger partial charge in [0.15, 0.2) is 0 Å². The minimum atomic E-state index is -0.175. The van der Waals surface area contributed by atoms with E-state index >= 15 is 0 Å². The number of nitrogens with zero attached hydrogens (tertiary/aromatic N) is 2. The molecule has 0 fully saturated rings. The number of aromatic amines is 1. The van der Waals surface area contributed by atoms with Crippen LogP contribution in [-0.4, -0.2) is 20.9 Å². The lowest BCUT2D eigenvalue weighted by Crippen LogP contribution is -2.23. The summed E-state index contributed by atoms with van der Waals surface area (Å²) >= 11 is 0. The molecule has 2 heterocycles. The van der Waals surface area contributed by atoms with Gasteiger partial charge in [-0.3, -0.25) is 4.79 Å². The standard InChI is InChI=1S/C13H17N5O/c1-8(2)11-3-9(4-12(14)18-11)13(19)16-6-10-5-15-7-17-10/h3-5,7-8H,6H2,1-2H3,(H2,14,18)(H,15,17)(H,16,19). The fourth-order valence-corrected chi connectivity index (χ4v) is 1.66. The third-order valence-corrected chi connectivity index (χ3v) is 2.71. The highest BCUT2D eigenvalue weighted by Crippen LogP contribution is 2.16. The maximum Gasteiger partial charge on any atom is 0.251 e. The summed E-state index contributed by atoms with van der Waals surface area (Å²) < 4.78 is 0. The number of nitrogens with one attached hydrogen (secondary N) is 2. The van der Waals surface area contributed by atoms with E-state index < -0.39 is 0 Å². The van der Waals surface area contributed by atoms with Crippen LogP contribution in [0, 0.1) is 0 Å². The van der Waals surface area contributed by atoms with Gasteiger partial charge in [-0.15, -0.1) is 0 Å². The fraction of sp³-hybridized carbons (Fsp3) is 0.308. The number of carbonyl (C=O) groups is 1. The predicted octanol–water partition coefficient (Wildman–Crippen LogP) is 1.44. The molecule has 0 aliphatic heterocycles. The molecule has 0 aliphatic carbocycles. The number of nitrogen functional groups attached to an aromatic ring is 1. The summed E-state index contributed by atoms with van der Waals surface area (Å²) in [6.07, 6.45) is 3.24. The molecule has 19 heavy (non-hydrogen) atoms. The Morgan fingerprint density at radius 1 is 1.47 bits per heavy atom. The molecule has 6 nitrogen and oxygen atoms in total. The number of aromatic nitrogens is 3. The zero-order chi connectivity index (χ0) is 13.8. The topological polar surface area (TPSA) is 96.7 Å². The minimum Gasteiger partial charge on any atom is -0.384 e. The van der Waals surface area contributed by atoms with E-state index in [9.17, 15) is 4.79 Å². The number of amides is 1. The zero-order valence-electron chi connectivity index (χ0n) is 11.0. The Morgan fingerprint density at radius 2 is 2.26 bits per heavy atom. The van der Waals surface area contributed by atoms with Crippen LogP contribution in [0.3, 0.4) is 0 Å². The molecule has 0 aromatic carbocycles. The molecule has 0 spiro atoms. The first kappa shape index (κ1) is 13.1. The van der Waals surface area contributed by atoms with E-state index in [0.717, 1.165) is 11.4 Å². The number of rotatable bonds is 4. The molecule has 2 rings (SSSR count). The third-order valence-electron chi connectivity index (χ3n) is 2.71. The molecule has 0 aliphatic rings. The second-order valence-electron chi connectivity index (χ2n) is 4.62. The van der Waals surface area contributed by atoms with Gasteiger partial charge in [-0.25, -0.2) is 9.97 Å². The second-order valence-corrected chi connectivity index (χ2v) is 4.62. The van der Waals surface area contributed by atoms with E-state index in [-0.39, 0.29) is 11.8 Å². The Bertz CT molecular complexity index is 562. The lowest BCUT2D eigenvalue weighted by molar-refractivity contribution is 0.0950. The van der Waals surface area contributed by atoms with Gasteiger partial charge in [0.25, 0.3) is 5.91 Å². The van der Waals surface area contributed by atoms with Crippen molar-refractivity contribution >= 4 is 11.7 Å². The van der Waals surface area contributed by atoms with Crippen LogP contribution in [0.25, 0.3) is 0 Å². The molecule has 0 bridgehead atoms. The average molecular weight is 259 g/mol. The first-order valence-electron chi connectivity index (χ1n) is 6.09. The van der Waals surface area contributed by atoms with Crippen molar-refractivity contribution in [3.8, 4) is 0 Å². The Hall–Kier alpha value is -2.37. The highest BCUT2D eigenvalue weighted by molar-refractivity contribution is 5.94. The van der Waals surface area contributed by atoms with E-state index in [0.29, 0.717) is 17.9 Å². The van der Waals surface area contributed by atoms with Crippen LogP contribution >= 0.6 is 0 Å². The molecule has 0 unspecified atom stereocenters. The fourth-order valence-electron chi connectivity index (χ4n) is 1.66. The maximum absolute atomic E-state index is 12.0. The molecule has 1 amide bonds. The van der Waals surface area contributed by atoms with Crippen LogP contribution in [0.5, 0.6) is 0 Å². The third kappa shape index (κ3) is 3.31. The lowest BCUT2D eigenvalue weighted by Gasteiger charge is -2.09. The summed E-state index contributed by atoms with van der Waals surface area (Å²) in [5.74, 6) is 0.408. The normalized spacial score (nSPS) is 10.7. The van der Waals surface area contributed by atoms with Gasteiger partial charge in [-0.05, 0) is 18.1 Å². The van der Waals surface area contributed by atoms with E-state index in [1.807, 2.05) is 13.8 Å². The molecule has 0 atom stereocenters. The summed E-state index contributed by atoms with van der Waals surface area (Å²) in [7, 11) is 0. The zero-order valence-corrected chi connectivity index (χ0v) is 11.0. The van der Waals surface area contributed by atoms with Gasteiger partial charge in [0, 0.05) is 17.5 Å².